The lowest BCUT2D eigenvalue weighted by Crippen LogP contribution is -2.33. The summed E-state index contributed by atoms with van der Waals surface area (Å²) in [5, 5.41) is 6.01. The predicted molar refractivity (Wildman–Crippen MR) is 129 cm³/mol. The minimum atomic E-state index is -0.0772. The smallest absolute Gasteiger partial charge is 0.260 e. The Labute approximate surface area is 190 Å². The summed E-state index contributed by atoms with van der Waals surface area (Å²) in [4.78, 5) is 25.2. The number of rotatable bonds is 5. The molecule has 0 N–H and O–H groups in total. The van der Waals surface area contributed by atoms with Gasteiger partial charge >= 0.3 is 0 Å². The highest BCUT2D eigenvalue weighted by atomic mass is 32.1. The van der Waals surface area contributed by atoms with E-state index in [1.807, 2.05) is 69.4 Å². The van der Waals surface area contributed by atoms with E-state index in [2.05, 4.69) is 22.2 Å². The van der Waals surface area contributed by atoms with Gasteiger partial charge in [0, 0.05) is 19.3 Å². The highest BCUT2D eigenvalue weighted by Gasteiger charge is 2.25. The van der Waals surface area contributed by atoms with E-state index in [-0.39, 0.29) is 5.91 Å². The first-order valence-corrected chi connectivity index (χ1v) is 11.4. The minimum Gasteiger partial charge on any atom is -0.284 e. The first-order valence-electron chi connectivity index (χ1n) is 10.5. The normalized spacial score (nSPS) is 11.3. The van der Waals surface area contributed by atoms with E-state index in [0.29, 0.717) is 17.2 Å². The molecule has 0 aliphatic heterocycles. The van der Waals surface area contributed by atoms with Crippen LogP contribution in [0.2, 0.25) is 0 Å². The summed E-state index contributed by atoms with van der Waals surface area (Å²) >= 11 is 1.54. The number of carbonyl (C=O) groups is 1. The number of carbonyl (C=O) groups excluding carboxylic acids is 1. The number of aryl methyl sites for hydroxylation is 3. The number of anilines is 1. The molecule has 160 valence electrons. The van der Waals surface area contributed by atoms with Gasteiger partial charge in [-0.1, -0.05) is 53.8 Å². The van der Waals surface area contributed by atoms with Gasteiger partial charge in [0.2, 0.25) is 0 Å². The summed E-state index contributed by atoms with van der Waals surface area (Å²) < 4.78 is 2.80. The molecule has 0 atom stereocenters. The van der Waals surface area contributed by atoms with Gasteiger partial charge in [0.05, 0.1) is 26.9 Å². The lowest BCUT2D eigenvalue weighted by Gasteiger charge is -2.21. The van der Waals surface area contributed by atoms with Gasteiger partial charge in [-0.25, -0.2) is 9.97 Å². The molecule has 6 nitrogen and oxygen atoms in total. The van der Waals surface area contributed by atoms with Crippen molar-refractivity contribution in [2.45, 2.75) is 20.3 Å². The number of benzene rings is 2. The van der Waals surface area contributed by atoms with Crippen LogP contribution in [0.1, 0.15) is 27.3 Å². The van der Waals surface area contributed by atoms with Crippen LogP contribution in [0.25, 0.3) is 21.3 Å². The molecule has 0 aliphatic carbocycles. The second-order valence-electron chi connectivity index (χ2n) is 7.88. The maximum absolute atomic E-state index is 14.0. The number of pyridine rings is 1. The van der Waals surface area contributed by atoms with E-state index in [9.17, 15) is 4.79 Å². The maximum Gasteiger partial charge on any atom is 0.260 e. The number of para-hydroxylation sites is 1. The largest absolute Gasteiger partial charge is 0.284 e. The molecule has 1 amide bonds. The first kappa shape index (κ1) is 20.3. The fourth-order valence-electron chi connectivity index (χ4n) is 4.03. The molecule has 0 bridgehead atoms. The van der Waals surface area contributed by atoms with E-state index in [0.717, 1.165) is 39.1 Å². The summed E-state index contributed by atoms with van der Waals surface area (Å²) in [5.74, 6) is -0.0772. The zero-order valence-electron chi connectivity index (χ0n) is 18.2. The lowest BCUT2D eigenvalue weighted by atomic mass is 10.1. The molecule has 0 spiro atoms. The number of fused-ring (bicyclic) bond motifs is 2. The van der Waals surface area contributed by atoms with Gasteiger partial charge in [0.25, 0.3) is 5.91 Å². The van der Waals surface area contributed by atoms with Crippen molar-refractivity contribution < 1.29 is 4.79 Å². The molecule has 3 aromatic heterocycles. The highest BCUT2D eigenvalue weighted by Crippen LogP contribution is 2.31. The van der Waals surface area contributed by atoms with Gasteiger partial charge in [-0.15, -0.1) is 0 Å². The zero-order valence-corrected chi connectivity index (χ0v) is 19.1. The number of amides is 1. The Bertz CT molecular complexity index is 1400. The zero-order chi connectivity index (χ0) is 22.2. The molecule has 2 aromatic carbocycles. The Morgan fingerprint density at radius 3 is 2.56 bits per heavy atom. The van der Waals surface area contributed by atoms with Gasteiger partial charge in [-0.2, -0.15) is 5.10 Å². The van der Waals surface area contributed by atoms with Gasteiger partial charge in [-0.05, 0) is 44.0 Å². The van der Waals surface area contributed by atoms with Crippen molar-refractivity contribution in [3.63, 3.8) is 0 Å². The maximum atomic E-state index is 14.0. The Hall–Kier alpha value is -3.58. The summed E-state index contributed by atoms with van der Waals surface area (Å²) in [5.41, 5.74) is 5.00. The molecule has 0 saturated carbocycles. The first-order chi connectivity index (χ1) is 15.5. The predicted octanol–water partition coefficient (Wildman–Crippen LogP) is 5.08. The number of aromatic nitrogens is 4. The van der Waals surface area contributed by atoms with Crippen molar-refractivity contribution in [3.05, 3.63) is 83.2 Å². The van der Waals surface area contributed by atoms with Crippen LogP contribution in [0.5, 0.6) is 0 Å². The number of nitrogens with zero attached hydrogens (tertiary/aromatic N) is 5. The van der Waals surface area contributed by atoms with Gasteiger partial charge in [0.1, 0.15) is 0 Å². The van der Waals surface area contributed by atoms with Gasteiger partial charge in [-0.3, -0.25) is 14.4 Å². The third-order valence-electron chi connectivity index (χ3n) is 5.55. The highest BCUT2D eigenvalue weighted by molar-refractivity contribution is 7.22. The second-order valence-corrected chi connectivity index (χ2v) is 8.88. The minimum absolute atomic E-state index is 0.0772. The second kappa shape index (κ2) is 8.16. The Balaban J connectivity index is 1.61. The van der Waals surface area contributed by atoms with Crippen molar-refractivity contribution in [3.8, 4) is 0 Å². The van der Waals surface area contributed by atoms with Gasteiger partial charge in [0.15, 0.2) is 10.8 Å². The topological polar surface area (TPSA) is 63.9 Å². The van der Waals surface area contributed by atoms with Crippen molar-refractivity contribution in [2.75, 3.05) is 11.4 Å². The molecule has 0 saturated heterocycles. The van der Waals surface area contributed by atoms with Crippen LogP contribution in [0.3, 0.4) is 0 Å². The molecule has 0 aliphatic rings. The van der Waals surface area contributed by atoms with Crippen LogP contribution in [-0.4, -0.2) is 32.2 Å². The Kier molecular flexibility index (Phi) is 5.19. The monoisotopic (exact) mass is 441 g/mol. The Morgan fingerprint density at radius 2 is 1.78 bits per heavy atom. The third kappa shape index (κ3) is 3.65. The molecule has 32 heavy (non-hydrogen) atoms. The van der Waals surface area contributed by atoms with Crippen LogP contribution in [-0.2, 0) is 13.5 Å². The number of hydrogen-bond donors (Lipinski definition) is 0. The van der Waals surface area contributed by atoms with E-state index < -0.39 is 0 Å². The average Bonchev–Trinajstić information content (AvgIpc) is 3.34. The van der Waals surface area contributed by atoms with Crippen LogP contribution in [0.15, 0.2) is 60.7 Å². The summed E-state index contributed by atoms with van der Waals surface area (Å²) in [6, 6.07) is 20.1. The average molecular weight is 442 g/mol. The lowest BCUT2D eigenvalue weighted by molar-refractivity contribution is 0.0988. The van der Waals surface area contributed by atoms with Crippen LogP contribution in [0, 0.1) is 13.8 Å². The SMILES string of the molecule is Cc1cc(C(=O)N(CCc2ccccc2)c2nc3ccccc3s2)c2c(C)nn(C)c2n1. The molecule has 5 aromatic rings. The van der Waals surface area contributed by atoms with E-state index in [1.54, 1.807) is 20.9 Å². The van der Waals surface area contributed by atoms with Crippen LogP contribution in [0.4, 0.5) is 5.13 Å². The molecule has 7 heteroatoms. The molecular formula is C25H23N5OS. The quantitative estimate of drug-likeness (QED) is 0.381. The van der Waals surface area contributed by atoms with Crippen molar-refractivity contribution in [1.29, 1.82) is 0 Å². The van der Waals surface area contributed by atoms with Crippen LogP contribution >= 0.6 is 11.3 Å². The molecule has 0 fully saturated rings. The third-order valence-corrected chi connectivity index (χ3v) is 6.61. The van der Waals surface area contributed by atoms with Crippen molar-refractivity contribution in [1.82, 2.24) is 19.7 Å². The summed E-state index contributed by atoms with van der Waals surface area (Å²) in [6.07, 6.45) is 0.738. The van der Waals surface area contributed by atoms with Crippen LogP contribution < -0.4 is 4.90 Å². The van der Waals surface area contributed by atoms with E-state index in [1.165, 1.54) is 5.56 Å². The van der Waals surface area contributed by atoms with E-state index in [4.69, 9.17) is 4.98 Å². The van der Waals surface area contributed by atoms with Gasteiger partial charge < -0.3 is 0 Å². The summed E-state index contributed by atoms with van der Waals surface area (Å²) in [6.45, 7) is 4.36. The Morgan fingerprint density at radius 1 is 1.03 bits per heavy atom. The fraction of sp³-hybridized carbons (Fsp3) is 0.200. The summed E-state index contributed by atoms with van der Waals surface area (Å²) in [7, 11) is 1.86. The molecule has 5 rings (SSSR count). The number of thiazole rings is 1. The van der Waals surface area contributed by atoms with E-state index >= 15 is 0 Å². The molecule has 0 unspecified atom stereocenters. The fourth-order valence-corrected chi connectivity index (χ4v) is 5.02. The van der Waals surface area contributed by atoms with Crippen molar-refractivity contribution in [2.24, 2.45) is 7.05 Å². The number of hydrogen-bond acceptors (Lipinski definition) is 5. The molecule has 0 radical (unpaired) electrons. The molecular weight excluding hydrogens is 418 g/mol. The standard InChI is InChI=1S/C25H23N5OS/c1-16-15-19(22-17(2)28-29(3)23(22)26-16)24(31)30(14-13-18-9-5-4-6-10-18)25-27-20-11-7-8-12-21(20)32-25/h4-12,15H,13-14H2,1-3H3. The van der Waals surface area contributed by atoms with Crippen molar-refractivity contribution >= 4 is 43.6 Å². The molecule has 3 heterocycles.